The fourth-order valence-corrected chi connectivity index (χ4v) is 3.77. The minimum atomic E-state index is -4.59. The van der Waals surface area contributed by atoms with E-state index in [-0.39, 0.29) is 17.8 Å². The zero-order valence-electron chi connectivity index (χ0n) is 15.5. The van der Waals surface area contributed by atoms with E-state index in [0.717, 1.165) is 23.8 Å². The summed E-state index contributed by atoms with van der Waals surface area (Å²) in [6.45, 7) is 1.22. The zero-order chi connectivity index (χ0) is 21.9. The van der Waals surface area contributed by atoms with Crippen molar-refractivity contribution in [1.29, 1.82) is 0 Å². The van der Waals surface area contributed by atoms with Gasteiger partial charge in [-0.05, 0) is 24.3 Å². The number of halogens is 4. The Balaban J connectivity index is 1.79. The Morgan fingerprint density at radius 2 is 1.83 bits per heavy atom. The van der Waals surface area contributed by atoms with E-state index >= 15 is 0 Å². The summed E-state index contributed by atoms with van der Waals surface area (Å²) in [5.74, 6) is -1.05. The molecule has 0 fully saturated rings. The smallest absolute Gasteiger partial charge is 0.325 e. The first kappa shape index (κ1) is 21.8. The number of rotatable bonds is 5. The normalized spacial score (nSPS) is 11.2. The Hall–Kier alpha value is -2.91. The molecule has 0 spiro atoms. The second-order valence-corrected chi connectivity index (χ2v) is 7.55. The number of alkyl halides is 3. The van der Waals surface area contributed by atoms with Gasteiger partial charge in [0.05, 0.1) is 34.1 Å². The quantitative estimate of drug-likeness (QED) is 0.526. The van der Waals surface area contributed by atoms with Gasteiger partial charge >= 0.3 is 6.18 Å². The maximum absolute atomic E-state index is 13.0. The molecule has 0 unspecified atom stereocenters. The van der Waals surface area contributed by atoms with Crippen LogP contribution in [0.2, 0.25) is 5.02 Å². The van der Waals surface area contributed by atoms with Crippen LogP contribution in [0.1, 0.15) is 18.2 Å². The fourth-order valence-electron chi connectivity index (χ4n) is 2.63. The number of benzene rings is 2. The Bertz CT molecular complexity index is 1100. The molecule has 0 aliphatic carbocycles. The van der Waals surface area contributed by atoms with Crippen LogP contribution in [-0.2, 0) is 22.2 Å². The average Bonchev–Trinajstić information content (AvgIpc) is 3.10. The van der Waals surface area contributed by atoms with Crippen LogP contribution in [-0.4, -0.2) is 16.8 Å². The van der Waals surface area contributed by atoms with Gasteiger partial charge < -0.3 is 10.6 Å². The van der Waals surface area contributed by atoms with Crippen molar-refractivity contribution >= 4 is 46.1 Å². The SMILES string of the molecule is CC(=O)Nc1ccc(C(F)(F)F)cc1NC(=O)Cc1csc(-c2ccccc2Cl)n1. The molecular formula is C20H15ClF3N3O2S. The van der Waals surface area contributed by atoms with Crippen molar-refractivity contribution in [3.05, 3.63) is 64.1 Å². The van der Waals surface area contributed by atoms with Crippen LogP contribution in [0.3, 0.4) is 0 Å². The molecular weight excluding hydrogens is 439 g/mol. The highest BCUT2D eigenvalue weighted by Crippen LogP contribution is 2.34. The number of hydrogen-bond donors (Lipinski definition) is 2. The predicted molar refractivity (Wildman–Crippen MR) is 111 cm³/mol. The van der Waals surface area contributed by atoms with Crippen molar-refractivity contribution in [3.8, 4) is 10.6 Å². The third-order valence-corrected chi connectivity index (χ3v) is 5.18. The average molecular weight is 454 g/mol. The molecule has 3 rings (SSSR count). The summed E-state index contributed by atoms with van der Waals surface area (Å²) in [6, 6.07) is 9.83. The molecule has 0 saturated carbocycles. The number of anilines is 2. The van der Waals surface area contributed by atoms with Gasteiger partial charge in [-0.1, -0.05) is 29.8 Å². The largest absolute Gasteiger partial charge is 0.416 e. The first-order valence-corrected chi connectivity index (χ1v) is 9.87. The van der Waals surface area contributed by atoms with Crippen LogP contribution in [0.4, 0.5) is 24.5 Å². The minimum Gasteiger partial charge on any atom is -0.325 e. The molecule has 2 amide bonds. The molecule has 0 aliphatic heterocycles. The van der Waals surface area contributed by atoms with Crippen molar-refractivity contribution in [2.24, 2.45) is 0 Å². The summed E-state index contributed by atoms with van der Waals surface area (Å²) < 4.78 is 39.1. The van der Waals surface area contributed by atoms with Crippen LogP contribution in [0.15, 0.2) is 47.8 Å². The molecule has 0 atom stereocenters. The standard InChI is InChI=1S/C20H15ClF3N3O2S/c1-11(28)25-16-7-6-12(20(22,23)24)8-17(16)27-18(29)9-13-10-30-19(26-13)14-4-2-3-5-15(14)21/h2-8,10H,9H2,1H3,(H,25,28)(H,27,29). The summed E-state index contributed by atoms with van der Waals surface area (Å²) in [5.41, 5.74) is 0.147. The molecule has 0 saturated heterocycles. The lowest BCUT2D eigenvalue weighted by Crippen LogP contribution is -2.18. The van der Waals surface area contributed by atoms with Gasteiger partial charge in [-0.25, -0.2) is 4.98 Å². The fraction of sp³-hybridized carbons (Fsp3) is 0.150. The van der Waals surface area contributed by atoms with E-state index in [0.29, 0.717) is 15.7 Å². The molecule has 156 valence electrons. The van der Waals surface area contributed by atoms with Gasteiger partial charge in [0.25, 0.3) is 0 Å². The van der Waals surface area contributed by atoms with Crippen molar-refractivity contribution in [2.75, 3.05) is 10.6 Å². The number of amides is 2. The molecule has 2 N–H and O–H groups in total. The van der Waals surface area contributed by atoms with Gasteiger partial charge in [-0.3, -0.25) is 9.59 Å². The van der Waals surface area contributed by atoms with Gasteiger partial charge in [0.1, 0.15) is 5.01 Å². The molecule has 10 heteroatoms. The van der Waals surface area contributed by atoms with E-state index in [1.807, 2.05) is 6.07 Å². The molecule has 0 radical (unpaired) electrons. The van der Waals surface area contributed by atoms with Crippen molar-refractivity contribution in [2.45, 2.75) is 19.5 Å². The van der Waals surface area contributed by atoms with Gasteiger partial charge in [0.15, 0.2) is 0 Å². The summed E-state index contributed by atoms with van der Waals surface area (Å²) >= 11 is 7.45. The molecule has 0 aliphatic rings. The summed E-state index contributed by atoms with van der Waals surface area (Å²) in [4.78, 5) is 28.1. The number of carbonyl (C=O) groups is 2. The topological polar surface area (TPSA) is 71.1 Å². The molecule has 3 aromatic rings. The highest BCUT2D eigenvalue weighted by molar-refractivity contribution is 7.13. The number of carbonyl (C=O) groups excluding carboxylic acids is 2. The second kappa shape index (κ2) is 8.85. The Morgan fingerprint density at radius 1 is 1.10 bits per heavy atom. The number of nitrogens with one attached hydrogen (secondary N) is 2. The number of nitrogens with zero attached hydrogens (tertiary/aromatic N) is 1. The zero-order valence-corrected chi connectivity index (χ0v) is 17.1. The van der Waals surface area contributed by atoms with E-state index in [2.05, 4.69) is 15.6 Å². The maximum atomic E-state index is 13.0. The van der Waals surface area contributed by atoms with Gasteiger partial charge in [0.2, 0.25) is 11.8 Å². The Morgan fingerprint density at radius 3 is 2.50 bits per heavy atom. The highest BCUT2D eigenvalue weighted by Gasteiger charge is 2.31. The van der Waals surface area contributed by atoms with Crippen LogP contribution < -0.4 is 10.6 Å². The van der Waals surface area contributed by atoms with Crippen molar-refractivity contribution < 1.29 is 22.8 Å². The van der Waals surface area contributed by atoms with Crippen LogP contribution in [0, 0.1) is 0 Å². The summed E-state index contributed by atoms with van der Waals surface area (Å²) in [7, 11) is 0. The summed E-state index contributed by atoms with van der Waals surface area (Å²) in [6.07, 6.45) is -4.75. The predicted octanol–water partition coefficient (Wildman–Crippen LogP) is 5.62. The van der Waals surface area contributed by atoms with Gasteiger partial charge in [-0.15, -0.1) is 11.3 Å². The third-order valence-electron chi connectivity index (χ3n) is 3.93. The van der Waals surface area contributed by atoms with E-state index in [9.17, 15) is 22.8 Å². The van der Waals surface area contributed by atoms with Crippen LogP contribution >= 0.6 is 22.9 Å². The molecule has 1 heterocycles. The summed E-state index contributed by atoms with van der Waals surface area (Å²) in [5, 5.41) is 7.65. The lowest BCUT2D eigenvalue weighted by atomic mass is 10.1. The minimum absolute atomic E-state index is 0.0684. The van der Waals surface area contributed by atoms with Gasteiger partial charge in [-0.2, -0.15) is 13.2 Å². The van der Waals surface area contributed by atoms with Crippen LogP contribution in [0.25, 0.3) is 10.6 Å². The molecule has 5 nitrogen and oxygen atoms in total. The molecule has 30 heavy (non-hydrogen) atoms. The molecule has 1 aromatic heterocycles. The van der Waals surface area contributed by atoms with E-state index in [1.54, 1.807) is 23.6 Å². The lowest BCUT2D eigenvalue weighted by molar-refractivity contribution is -0.137. The van der Waals surface area contributed by atoms with Crippen LogP contribution in [0.5, 0.6) is 0 Å². The Kier molecular flexibility index (Phi) is 6.42. The van der Waals surface area contributed by atoms with E-state index in [4.69, 9.17) is 11.6 Å². The van der Waals surface area contributed by atoms with Crippen molar-refractivity contribution in [1.82, 2.24) is 4.98 Å². The highest BCUT2D eigenvalue weighted by atomic mass is 35.5. The first-order chi connectivity index (χ1) is 14.1. The van der Waals surface area contributed by atoms with Crippen molar-refractivity contribution in [3.63, 3.8) is 0 Å². The second-order valence-electron chi connectivity index (χ2n) is 6.29. The molecule has 0 bridgehead atoms. The van der Waals surface area contributed by atoms with E-state index < -0.39 is 23.6 Å². The Labute approximate surface area is 178 Å². The lowest BCUT2D eigenvalue weighted by Gasteiger charge is -2.14. The van der Waals surface area contributed by atoms with Gasteiger partial charge in [0, 0.05) is 17.9 Å². The first-order valence-electron chi connectivity index (χ1n) is 8.61. The van der Waals surface area contributed by atoms with E-state index in [1.165, 1.54) is 18.3 Å². The number of thiazole rings is 1. The third kappa shape index (κ3) is 5.37. The monoisotopic (exact) mass is 453 g/mol. The molecule has 2 aromatic carbocycles. The number of aromatic nitrogens is 1. The maximum Gasteiger partial charge on any atom is 0.416 e. The number of hydrogen-bond acceptors (Lipinski definition) is 4.